The molecule has 1 aromatic carbocycles. The molecule has 0 spiro atoms. The van der Waals surface area contributed by atoms with Crippen LogP contribution in [0.2, 0.25) is 10.0 Å². The molecule has 2 nitrogen and oxygen atoms in total. The molecule has 5 heteroatoms. The van der Waals surface area contributed by atoms with E-state index in [-0.39, 0.29) is 0 Å². The highest BCUT2D eigenvalue weighted by molar-refractivity contribution is 7.71. The summed E-state index contributed by atoms with van der Waals surface area (Å²) in [4.78, 5) is 7.55. The highest BCUT2D eigenvalue weighted by atomic mass is 35.5. The average Bonchev–Trinajstić information content (AvgIpc) is 2.27. The summed E-state index contributed by atoms with van der Waals surface area (Å²) in [6, 6.07) is 7.22. The van der Waals surface area contributed by atoms with Crippen molar-refractivity contribution >= 4 is 35.4 Å². The van der Waals surface area contributed by atoms with E-state index in [9.17, 15) is 0 Å². The van der Waals surface area contributed by atoms with Crippen molar-refractivity contribution in [3.63, 3.8) is 0 Å². The Labute approximate surface area is 121 Å². The van der Waals surface area contributed by atoms with Crippen LogP contribution >= 0.6 is 35.4 Å². The molecule has 18 heavy (non-hydrogen) atoms. The van der Waals surface area contributed by atoms with Gasteiger partial charge in [0.15, 0.2) is 0 Å². The fourth-order valence-electron chi connectivity index (χ4n) is 1.73. The van der Waals surface area contributed by atoms with Gasteiger partial charge in [0.1, 0.15) is 10.5 Å². The Bertz CT molecular complexity index is 602. The van der Waals surface area contributed by atoms with E-state index in [1.54, 1.807) is 6.07 Å². The molecule has 0 atom stereocenters. The summed E-state index contributed by atoms with van der Waals surface area (Å²) >= 11 is 17.2. The summed E-state index contributed by atoms with van der Waals surface area (Å²) < 4.78 is 0.572. The summed E-state index contributed by atoms with van der Waals surface area (Å²) in [5.74, 6) is 0.885. The number of hydrogen-bond donors (Lipinski definition) is 1. The summed E-state index contributed by atoms with van der Waals surface area (Å²) in [6.07, 6.45) is 1.88. The minimum absolute atomic E-state index is 0.572. The Morgan fingerprint density at radius 1 is 1.17 bits per heavy atom. The Morgan fingerprint density at radius 3 is 2.44 bits per heavy atom. The van der Waals surface area contributed by atoms with Gasteiger partial charge in [-0.1, -0.05) is 42.3 Å². The first-order valence-corrected chi connectivity index (χ1v) is 6.81. The number of nitrogens with zero attached hydrogens (tertiary/aromatic N) is 1. The van der Waals surface area contributed by atoms with Crippen molar-refractivity contribution in [2.45, 2.75) is 19.8 Å². The second kappa shape index (κ2) is 5.83. The fourth-order valence-corrected chi connectivity index (χ4v) is 2.48. The van der Waals surface area contributed by atoms with Crippen molar-refractivity contribution in [1.82, 2.24) is 9.97 Å². The molecule has 1 N–H and O–H groups in total. The Morgan fingerprint density at radius 2 is 1.83 bits per heavy atom. The third kappa shape index (κ3) is 3.31. The molecule has 2 rings (SSSR count). The van der Waals surface area contributed by atoms with Crippen LogP contribution in [0.15, 0.2) is 24.3 Å². The van der Waals surface area contributed by atoms with Gasteiger partial charge >= 0.3 is 0 Å². The monoisotopic (exact) mass is 298 g/mol. The molecule has 0 fully saturated rings. The molecule has 0 aliphatic carbocycles. The predicted octanol–water partition coefficient (Wildman–Crippen LogP) is 5.07. The van der Waals surface area contributed by atoms with Gasteiger partial charge in [0.25, 0.3) is 0 Å². The molecule has 0 saturated carbocycles. The van der Waals surface area contributed by atoms with Gasteiger partial charge in [-0.05, 0) is 30.7 Å². The third-order valence-corrected chi connectivity index (χ3v) is 3.10. The minimum Gasteiger partial charge on any atom is -0.343 e. The maximum atomic E-state index is 6.00. The number of halogens is 2. The van der Waals surface area contributed by atoms with Crippen LogP contribution < -0.4 is 0 Å². The molecule has 0 aliphatic rings. The zero-order valence-corrected chi connectivity index (χ0v) is 12.2. The highest BCUT2D eigenvalue weighted by Crippen LogP contribution is 2.26. The number of benzene rings is 1. The van der Waals surface area contributed by atoms with E-state index in [2.05, 4.69) is 16.9 Å². The smallest absolute Gasteiger partial charge is 0.130 e. The maximum absolute atomic E-state index is 6.00. The quantitative estimate of drug-likeness (QED) is 0.802. The van der Waals surface area contributed by atoms with Crippen LogP contribution in [0.1, 0.15) is 19.2 Å². The van der Waals surface area contributed by atoms with Crippen LogP contribution in [0.4, 0.5) is 0 Å². The van der Waals surface area contributed by atoms with Crippen LogP contribution in [0.25, 0.3) is 11.3 Å². The Balaban J connectivity index is 2.52. The van der Waals surface area contributed by atoms with E-state index in [4.69, 9.17) is 35.4 Å². The molecule has 0 saturated heterocycles. The van der Waals surface area contributed by atoms with Crippen LogP contribution in [-0.4, -0.2) is 9.97 Å². The summed E-state index contributed by atoms with van der Waals surface area (Å²) in [6.45, 7) is 2.10. The zero-order chi connectivity index (χ0) is 13.1. The topological polar surface area (TPSA) is 28.7 Å². The molecule has 0 unspecified atom stereocenters. The van der Waals surface area contributed by atoms with Gasteiger partial charge in [0.05, 0.1) is 0 Å². The number of aromatic amines is 1. The molecule has 2 aromatic rings. The molecule has 0 amide bonds. The molecular weight excluding hydrogens is 287 g/mol. The van der Waals surface area contributed by atoms with Crippen LogP contribution in [0.5, 0.6) is 0 Å². The molecule has 1 heterocycles. The SMILES string of the molecule is CCCc1nc(=S)cc(-c2cc(Cl)cc(Cl)c2)[nH]1. The first-order valence-electron chi connectivity index (χ1n) is 5.65. The van der Waals surface area contributed by atoms with Gasteiger partial charge in [-0.2, -0.15) is 0 Å². The first kappa shape index (κ1) is 13.5. The first-order chi connectivity index (χ1) is 8.58. The van der Waals surface area contributed by atoms with Gasteiger partial charge in [0.2, 0.25) is 0 Å². The molecule has 1 aromatic heterocycles. The minimum atomic E-state index is 0.572. The van der Waals surface area contributed by atoms with Crippen molar-refractivity contribution in [2.24, 2.45) is 0 Å². The maximum Gasteiger partial charge on any atom is 0.130 e. The van der Waals surface area contributed by atoms with Crippen molar-refractivity contribution in [3.8, 4) is 11.3 Å². The number of hydrogen-bond acceptors (Lipinski definition) is 2. The lowest BCUT2D eigenvalue weighted by molar-refractivity contribution is 0.833. The number of H-pyrrole nitrogens is 1. The van der Waals surface area contributed by atoms with E-state index in [0.29, 0.717) is 14.7 Å². The Kier molecular flexibility index (Phi) is 4.38. The van der Waals surface area contributed by atoms with Gasteiger partial charge < -0.3 is 4.98 Å². The van der Waals surface area contributed by atoms with Gasteiger partial charge in [0, 0.05) is 27.7 Å². The van der Waals surface area contributed by atoms with E-state index in [1.807, 2.05) is 18.2 Å². The van der Waals surface area contributed by atoms with E-state index < -0.39 is 0 Å². The molecule has 0 aliphatic heterocycles. The molecular formula is C13H12Cl2N2S. The molecule has 94 valence electrons. The molecule has 0 bridgehead atoms. The van der Waals surface area contributed by atoms with Gasteiger partial charge in [-0.3, -0.25) is 0 Å². The molecule has 0 radical (unpaired) electrons. The highest BCUT2D eigenvalue weighted by Gasteiger charge is 2.04. The summed E-state index contributed by atoms with van der Waals surface area (Å²) in [5.41, 5.74) is 1.81. The zero-order valence-electron chi connectivity index (χ0n) is 9.84. The summed E-state index contributed by atoms with van der Waals surface area (Å²) in [5, 5.41) is 1.20. The van der Waals surface area contributed by atoms with Crippen LogP contribution in [0.3, 0.4) is 0 Å². The van der Waals surface area contributed by atoms with E-state index in [0.717, 1.165) is 29.9 Å². The lowest BCUT2D eigenvalue weighted by Crippen LogP contribution is -1.96. The number of aromatic nitrogens is 2. The lowest BCUT2D eigenvalue weighted by atomic mass is 10.1. The Hall–Kier alpha value is -0.900. The van der Waals surface area contributed by atoms with Gasteiger partial charge in [-0.15, -0.1) is 0 Å². The van der Waals surface area contributed by atoms with Crippen molar-refractivity contribution in [3.05, 3.63) is 44.8 Å². The largest absolute Gasteiger partial charge is 0.343 e. The second-order valence-corrected chi connectivity index (χ2v) is 5.28. The average molecular weight is 299 g/mol. The predicted molar refractivity (Wildman–Crippen MR) is 78.9 cm³/mol. The third-order valence-electron chi connectivity index (χ3n) is 2.45. The van der Waals surface area contributed by atoms with E-state index >= 15 is 0 Å². The van der Waals surface area contributed by atoms with Crippen molar-refractivity contribution in [1.29, 1.82) is 0 Å². The van der Waals surface area contributed by atoms with E-state index in [1.165, 1.54) is 0 Å². The van der Waals surface area contributed by atoms with Crippen molar-refractivity contribution < 1.29 is 0 Å². The number of rotatable bonds is 3. The van der Waals surface area contributed by atoms with Crippen LogP contribution in [0, 0.1) is 4.64 Å². The second-order valence-electron chi connectivity index (χ2n) is 3.99. The standard InChI is InChI=1S/C13H12Cl2N2S/c1-2-3-12-16-11(7-13(18)17-12)8-4-9(14)6-10(15)5-8/h4-7H,2-3H2,1H3,(H,16,17,18). The van der Waals surface area contributed by atoms with Crippen molar-refractivity contribution in [2.75, 3.05) is 0 Å². The lowest BCUT2D eigenvalue weighted by Gasteiger charge is -2.06. The number of nitrogens with one attached hydrogen (secondary N) is 1. The summed E-state index contributed by atoms with van der Waals surface area (Å²) in [7, 11) is 0. The van der Waals surface area contributed by atoms with Crippen LogP contribution in [-0.2, 0) is 6.42 Å². The number of aryl methyl sites for hydroxylation is 1. The normalized spacial score (nSPS) is 10.6. The van der Waals surface area contributed by atoms with Gasteiger partial charge in [-0.25, -0.2) is 4.98 Å². The fraction of sp³-hybridized carbons (Fsp3) is 0.231.